The molecule has 1 aliphatic rings. The molecule has 1 saturated heterocycles. The number of anilines is 1. The molecule has 5 rings (SSSR count). The smallest absolute Gasteiger partial charge is 0.303 e. The average molecular weight is 616 g/mol. The monoisotopic (exact) mass is 615 g/mol. The number of nitrogens with zero attached hydrogens (tertiary/aromatic N) is 2. The molecule has 0 spiro atoms. The summed E-state index contributed by atoms with van der Waals surface area (Å²) in [6.45, 7) is 0.324. The van der Waals surface area contributed by atoms with E-state index in [0.717, 1.165) is 26.0 Å². The summed E-state index contributed by atoms with van der Waals surface area (Å²) in [5, 5.41) is 15.1. The van der Waals surface area contributed by atoms with Gasteiger partial charge in [0.15, 0.2) is 0 Å². The van der Waals surface area contributed by atoms with Crippen LogP contribution >= 0.6 is 34.3 Å². The first kappa shape index (κ1) is 29.1. The van der Waals surface area contributed by atoms with E-state index >= 15 is 4.39 Å². The zero-order valence-electron chi connectivity index (χ0n) is 22.1. The lowest BCUT2D eigenvalue weighted by Crippen LogP contribution is -2.40. The Bertz CT molecular complexity index is 1610. The summed E-state index contributed by atoms with van der Waals surface area (Å²) >= 11 is 9.28. The Kier molecular flexibility index (Phi) is 8.98. The number of hydrogen-bond acceptors (Lipinski definition) is 7. The molecule has 0 aliphatic carbocycles. The molecule has 8 nitrogen and oxygen atoms in total. The zero-order valence-corrected chi connectivity index (χ0v) is 24.5. The Morgan fingerprint density at radius 3 is 2.83 bits per heavy atom. The van der Waals surface area contributed by atoms with Gasteiger partial charge in [-0.05, 0) is 43.0 Å². The molecule has 1 fully saturated rings. The molecule has 2 aromatic carbocycles. The van der Waals surface area contributed by atoms with Crippen molar-refractivity contribution in [1.82, 2.24) is 9.88 Å². The largest absolute Gasteiger partial charge is 0.481 e. The van der Waals surface area contributed by atoms with Crippen LogP contribution in [0, 0.1) is 5.82 Å². The van der Waals surface area contributed by atoms with Crippen molar-refractivity contribution in [3.8, 4) is 0 Å². The van der Waals surface area contributed by atoms with Gasteiger partial charge in [-0.2, -0.15) is 0 Å². The Morgan fingerprint density at radius 2 is 2.05 bits per heavy atom. The van der Waals surface area contributed by atoms with E-state index < -0.39 is 17.7 Å². The van der Waals surface area contributed by atoms with E-state index in [1.165, 1.54) is 28.7 Å². The van der Waals surface area contributed by atoms with E-state index in [2.05, 4.69) is 10.3 Å². The molecule has 0 unspecified atom stereocenters. The predicted octanol–water partition coefficient (Wildman–Crippen LogP) is 6.34. The lowest BCUT2D eigenvalue weighted by molar-refractivity contribution is -0.137. The van der Waals surface area contributed by atoms with Gasteiger partial charge in [-0.3, -0.25) is 14.4 Å². The molecule has 0 saturated carbocycles. The van der Waals surface area contributed by atoms with E-state index in [1.807, 2.05) is 24.3 Å². The van der Waals surface area contributed by atoms with Crippen LogP contribution < -0.4 is 5.32 Å². The number of thiophene rings is 1. The molecule has 2 N–H and O–H groups in total. The average Bonchev–Trinajstić information content (AvgIpc) is 3.68. The Labute approximate surface area is 248 Å². The number of hydrogen-bond donors (Lipinski definition) is 2. The number of benzene rings is 2. The molecule has 4 aromatic rings. The number of rotatable bonds is 10. The summed E-state index contributed by atoms with van der Waals surface area (Å²) in [5.74, 6) is -2.24. The number of fused-ring (bicyclic) bond motifs is 1. The predicted molar refractivity (Wildman–Crippen MR) is 157 cm³/mol. The molecule has 12 heteroatoms. The number of carboxylic acids is 1. The summed E-state index contributed by atoms with van der Waals surface area (Å²) in [7, 11) is 1.56. The highest BCUT2D eigenvalue weighted by atomic mass is 35.5. The standard InChI is InChI=1S/C29H27ClFN3O5S2/c1-39-14-17-6-8-24(29-32-13-18(41-29)7-9-27(36)37)34(17)26(35)11-16-10-21(30)23(12-22(16)31)33-28(38)20-15-40-25-5-3-2-4-19(20)25/h2-5,10,12-13,15,17,24H,6-9,11,14H2,1H3,(H,33,38)(H,36,37)/t17-,24-/m0/s1. The number of likely N-dealkylation sites (tertiary alicyclic amines) is 1. The van der Waals surface area contributed by atoms with Crippen LogP contribution in [-0.4, -0.2) is 52.5 Å². The normalized spacial score (nSPS) is 16.8. The molecule has 1 aliphatic heterocycles. The van der Waals surface area contributed by atoms with E-state index in [4.69, 9.17) is 21.4 Å². The number of aliphatic carboxylic acids is 1. The summed E-state index contributed by atoms with van der Waals surface area (Å²) in [4.78, 5) is 44.5. The number of carboxylic acid groups (broad SMARTS) is 1. The SMILES string of the molecule is COC[C@@H]1CC[C@@H](c2ncc(CCC(=O)O)s2)N1C(=O)Cc1cc(Cl)c(NC(=O)c2csc3ccccc23)cc1F. The minimum Gasteiger partial charge on any atom is -0.481 e. The van der Waals surface area contributed by atoms with Gasteiger partial charge in [0.1, 0.15) is 10.8 Å². The summed E-state index contributed by atoms with van der Waals surface area (Å²) in [6, 6.07) is 9.50. The van der Waals surface area contributed by atoms with Crippen LogP contribution in [0.5, 0.6) is 0 Å². The van der Waals surface area contributed by atoms with Crippen molar-refractivity contribution in [2.24, 2.45) is 0 Å². The van der Waals surface area contributed by atoms with Gasteiger partial charge < -0.3 is 20.1 Å². The van der Waals surface area contributed by atoms with E-state index in [9.17, 15) is 14.4 Å². The van der Waals surface area contributed by atoms with Gasteiger partial charge in [0, 0.05) is 33.6 Å². The van der Waals surface area contributed by atoms with Crippen LogP contribution in [-0.2, 0) is 27.2 Å². The Balaban J connectivity index is 1.32. The van der Waals surface area contributed by atoms with Gasteiger partial charge in [-0.15, -0.1) is 22.7 Å². The maximum Gasteiger partial charge on any atom is 0.303 e. The molecule has 2 amide bonds. The molecule has 2 aromatic heterocycles. The second-order valence-corrected chi connectivity index (χ2v) is 12.2. The number of aromatic nitrogens is 1. The molecule has 0 bridgehead atoms. The first-order valence-electron chi connectivity index (χ1n) is 13.0. The molecular formula is C29H27ClFN3O5S2. The van der Waals surface area contributed by atoms with Crippen molar-refractivity contribution in [2.45, 2.75) is 44.2 Å². The summed E-state index contributed by atoms with van der Waals surface area (Å²) < 4.78 is 21.6. The topological polar surface area (TPSA) is 109 Å². The number of thiazole rings is 1. The van der Waals surface area contributed by atoms with Crippen molar-refractivity contribution < 1.29 is 28.6 Å². The van der Waals surface area contributed by atoms with Crippen LogP contribution in [0.25, 0.3) is 10.1 Å². The third-order valence-corrected chi connectivity index (χ3v) is 9.48. The van der Waals surface area contributed by atoms with Gasteiger partial charge in [0.05, 0.1) is 47.8 Å². The number of aryl methyl sites for hydroxylation is 1. The van der Waals surface area contributed by atoms with Gasteiger partial charge in [-0.1, -0.05) is 29.8 Å². The third-order valence-electron chi connectivity index (χ3n) is 7.04. The molecule has 214 valence electrons. The minimum atomic E-state index is -0.885. The molecule has 2 atom stereocenters. The first-order chi connectivity index (χ1) is 19.7. The molecule has 41 heavy (non-hydrogen) atoms. The maximum absolute atomic E-state index is 15.3. The molecule has 0 radical (unpaired) electrons. The van der Waals surface area contributed by atoms with E-state index in [0.29, 0.717) is 31.4 Å². The third kappa shape index (κ3) is 6.43. The van der Waals surface area contributed by atoms with Gasteiger partial charge in [0.25, 0.3) is 5.91 Å². The van der Waals surface area contributed by atoms with Gasteiger partial charge in [-0.25, -0.2) is 9.37 Å². The molecule has 3 heterocycles. The van der Waals surface area contributed by atoms with Crippen LogP contribution in [0.1, 0.15) is 51.1 Å². The number of carbonyl (C=O) groups is 3. The Hall–Kier alpha value is -3.38. The highest BCUT2D eigenvalue weighted by Gasteiger charge is 2.39. The first-order valence-corrected chi connectivity index (χ1v) is 15.0. The number of carbonyl (C=O) groups excluding carboxylic acids is 2. The minimum absolute atomic E-state index is 0.00157. The highest BCUT2D eigenvalue weighted by molar-refractivity contribution is 7.17. The van der Waals surface area contributed by atoms with Crippen molar-refractivity contribution in [3.63, 3.8) is 0 Å². The lowest BCUT2D eigenvalue weighted by atomic mass is 10.1. The van der Waals surface area contributed by atoms with Crippen molar-refractivity contribution >= 4 is 67.8 Å². The number of ether oxygens (including phenoxy) is 1. The lowest BCUT2D eigenvalue weighted by Gasteiger charge is -2.29. The Morgan fingerprint density at radius 1 is 1.24 bits per heavy atom. The second-order valence-electron chi connectivity index (χ2n) is 9.76. The number of methoxy groups -OCH3 is 1. The summed E-state index contributed by atoms with van der Waals surface area (Å²) in [5.41, 5.74) is 0.703. The van der Waals surface area contributed by atoms with Crippen molar-refractivity contribution in [3.05, 3.63) is 79.8 Å². The van der Waals surface area contributed by atoms with Crippen LogP contribution in [0.3, 0.4) is 0 Å². The number of halogens is 2. The highest BCUT2D eigenvalue weighted by Crippen LogP contribution is 2.39. The van der Waals surface area contributed by atoms with E-state index in [1.54, 1.807) is 23.6 Å². The summed E-state index contributed by atoms with van der Waals surface area (Å²) in [6.07, 6.45) is 3.15. The van der Waals surface area contributed by atoms with Crippen LogP contribution in [0.15, 0.2) is 48.0 Å². The molecular weight excluding hydrogens is 589 g/mol. The van der Waals surface area contributed by atoms with Crippen molar-refractivity contribution in [1.29, 1.82) is 0 Å². The number of amides is 2. The van der Waals surface area contributed by atoms with Crippen molar-refractivity contribution in [2.75, 3.05) is 19.0 Å². The van der Waals surface area contributed by atoms with Gasteiger partial charge in [0.2, 0.25) is 5.91 Å². The fourth-order valence-corrected chi connectivity index (χ4v) is 7.32. The maximum atomic E-state index is 15.3. The fourth-order valence-electron chi connectivity index (χ4n) is 5.10. The van der Waals surface area contributed by atoms with Crippen LogP contribution in [0.2, 0.25) is 5.02 Å². The van der Waals surface area contributed by atoms with Gasteiger partial charge >= 0.3 is 5.97 Å². The number of nitrogens with one attached hydrogen (secondary N) is 1. The second kappa shape index (κ2) is 12.6. The zero-order chi connectivity index (χ0) is 29.1. The van der Waals surface area contributed by atoms with Crippen LogP contribution in [0.4, 0.5) is 10.1 Å². The van der Waals surface area contributed by atoms with E-state index in [-0.39, 0.29) is 47.1 Å². The quantitative estimate of drug-likeness (QED) is 0.215. The fraction of sp³-hybridized carbons (Fsp3) is 0.310.